The summed E-state index contributed by atoms with van der Waals surface area (Å²) in [6.45, 7) is 0. The van der Waals surface area contributed by atoms with Crippen LogP contribution in [0.15, 0.2) is 12.1 Å². The normalized spacial score (nSPS) is 11.3. The summed E-state index contributed by atoms with van der Waals surface area (Å²) < 4.78 is 41.9. The van der Waals surface area contributed by atoms with E-state index in [2.05, 4.69) is 4.74 Å². The maximum absolute atomic E-state index is 12.4. The molecule has 0 saturated carbocycles. The summed E-state index contributed by atoms with van der Waals surface area (Å²) in [4.78, 5) is 9.32. The van der Waals surface area contributed by atoms with Gasteiger partial charge in [-0.25, -0.2) is 0 Å². The van der Waals surface area contributed by atoms with Crippen molar-refractivity contribution in [3.63, 3.8) is 0 Å². The van der Waals surface area contributed by atoms with Gasteiger partial charge in [0, 0.05) is 0 Å². The lowest BCUT2D eigenvalue weighted by molar-refractivity contribution is -0.388. The predicted octanol–water partition coefficient (Wildman–Crippen LogP) is 3.28. The second kappa shape index (κ2) is 4.17. The van der Waals surface area contributed by atoms with Crippen molar-refractivity contribution in [3.8, 4) is 5.75 Å². The number of ether oxygens (including phenoxy) is 1. The minimum absolute atomic E-state index is 0.179. The van der Waals surface area contributed by atoms with E-state index in [0.717, 1.165) is 7.11 Å². The van der Waals surface area contributed by atoms with E-state index in [1.54, 1.807) is 0 Å². The first kappa shape index (κ1) is 12.6. The standard InChI is InChI=1S/C8H5ClF3NO3/c1-16-7-3-6(13(14)15)4(2-5(7)9)8(10,11)12/h2-3H,1H3. The number of hydrogen-bond acceptors (Lipinski definition) is 3. The average Bonchev–Trinajstić information content (AvgIpc) is 2.15. The van der Waals surface area contributed by atoms with Gasteiger partial charge in [0.1, 0.15) is 11.3 Å². The van der Waals surface area contributed by atoms with Crippen LogP contribution < -0.4 is 4.74 Å². The number of alkyl halides is 3. The van der Waals surface area contributed by atoms with Crippen LogP contribution in [0.25, 0.3) is 0 Å². The molecule has 1 aromatic carbocycles. The molecule has 0 spiro atoms. The van der Waals surface area contributed by atoms with E-state index in [0.29, 0.717) is 12.1 Å². The Labute approximate surface area is 92.7 Å². The van der Waals surface area contributed by atoms with Gasteiger partial charge in [0.2, 0.25) is 0 Å². The molecule has 0 amide bonds. The zero-order valence-corrected chi connectivity index (χ0v) is 8.59. The fraction of sp³-hybridized carbons (Fsp3) is 0.250. The second-order valence-corrected chi connectivity index (χ2v) is 3.17. The van der Waals surface area contributed by atoms with E-state index in [1.807, 2.05) is 0 Å². The van der Waals surface area contributed by atoms with Crippen LogP contribution in [-0.2, 0) is 6.18 Å². The third-order valence-corrected chi connectivity index (χ3v) is 2.07. The lowest BCUT2D eigenvalue weighted by Gasteiger charge is -2.09. The Hall–Kier alpha value is -1.50. The largest absolute Gasteiger partial charge is 0.495 e. The summed E-state index contributed by atoms with van der Waals surface area (Å²) in [6.07, 6.45) is -4.84. The van der Waals surface area contributed by atoms with Crippen LogP contribution in [0.3, 0.4) is 0 Å². The van der Waals surface area contributed by atoms with Crippen LogP contribution in [0.2, 0.25) is 5.02 Å². The first-order valence-electron chi connectivity index (χ1n) is 3.86. The van der Waals surface area contributed by atoms with Gasteiger partial charge in [0.05, 0.1) is 23.1 Å². The molecule has 1 rings (SSSR count). The van der Waals surface area contributed by atoms with Gasteiger partial charge in [-0.3, -0.25) is 10.1 Å². The van der Waals surface area contributed by atoms with E-state index in [9.17, 15) is 23.3 Å². The molecule has 0 unspecified atom stereocenters. The van der Waals surface area contributed by atoms with Crippen molar-refractivity contribution in [1.29, 1.82) is 0 Å². The van der Waals surface area contributed by atoms with Crippen molar-refractivity contribution < 1.29 is 22.8 Å². The van der Waals surface area contributed by atoms with Gasteiger partial charge < -0.3 is 4.74 Å². The summed E-state index contributed by atoms with van der Waals surface area (Å²) in [5, 5.41) is 10.1. The highest BCUT2D eigenvalue weighted by molar-refractivity contribution is 6.32. The molecule has 0 aliphatic rings. The topological polar surface area (TPSA) is 52.4 Å². The molecular formula is C8H5ClF3NO3. The summed E-state index contributed by atoms with van der Waals surface area (Å²) >= 11 is 5.46. The molecular weight excluding hydrogens is 251 g/mol. The Morgan fingerprint density at radius 3 is 2.38 bits per heavy atom. The average molecular weight is 256 g/mol. The highest BCUT2D eigenvalue weighted by atomic mass is 35.5. The van der Waals surface area contributed by atoms with Crippen LogP contribution >= 0.6 is 11.6 Å². The van der Waals surface area contributed by atoms with Crippen molar-refractivity contribution in [3.05, 3.63) is 32.8 Å². The maximum Gasteiger partial charge on any atom is 0.423 e. The Balaban J connectivity index is 3.49. The molecule has 4 nitrogen and oxygen atoms in total. The Bertz CT molecular complexity index is 433. The minimum atomic E-state index is -4.84. The van der Waals surface area contributed by atoms with E-state index in [-0.39, 0.29) is 10.8 Å². The smallest absolute Gasteiger partial charge is 0.423 e. The second-order valence-electron chi connectivity index (χ2n) is 2.76. The monoisotopic (exact) mass is 255 g/mol. The Morgan fingerprint density at radius 1 is 1.44 bits per heavy atom. The highest BCUT2D eigenvalue weighted by Gasteiger charge is 2.39. The van der Waals surface area contributed by atoms with Gasteiger partial charge >= 0.3 is 6.18 Å². The maximum atomic E-state index is 12.4. The number of methoxy groups -OCH3 is 1. The Morgan fingerprint density at radius 2 is 2.00 bits per heavy atom. The van der Waals surface area contributed by atoms with Crippen molar-refractivity contribution in [2.75, 3.05) is 7.11 Å². The quantitative estimate of drug-likeness (QED) is 0.602. The molecule has 16 heavy (non-hydrogen) atoms. The van der Waals surface area contributed by atoms with Crippen molar-refractivity contribution >= 4 is 17.3 Å². The zero-order valence-electron chi connectivity index (χ0n) is 7.84. The van der Waals surface area contributed by atoms with Crippen molar-refractivity contribution in [2.45, 2.75) is 6.18 Å². The molecule has 0 aliphatic carbocycles. The summed E-state index contributed by atoms with van der Waals surface area (Å²) in [5.74, 6) is -0.179. The van der Waals surface area contributed by atoms with E-state index in [4.69, 9.17) is 11.6 Å². The number of benzene rings is 1. The molecule has 8 heteroatoms. The number of hydrogen-bond donors (Lipinski definition) is 0. The van der Waals surface area contributed by atoms with Crippen LogP contribution in [0, 0.1) is 10.1 Å². The zero-order chi connectivity index (χ0) is 12.5. The first-order chi connectivity index (χ1) is 7.27. The van der Waals surface area contributed by atoms with Gasteiger partial charge in [-0.05, 0) is 6.07 Å². The fourth-order valence-corrected chi connectivity index (χ4v) is 1.32. The van der Waals surface area contributed by atoms with Gasteiger partial charge in [-0.15, -0.1) is 0 Å². The molecule has 0 N–H and O–H groups in total. The predicted molar refractivity (Wildman–Crippen MR) is 49.7 cm³/mol. The third kappa shape index (κ3) is 2.35. The number of nitrogens with zero attached hydrogens (tertiary/aromatic N) is 1. The van der Waals surface area contributed by atoms with Crippen LogP contribution in [0.1, 0.15) is 5.56 Å². The lowest BCUT2D eigenvalue weighted by Crippen LogP contribution is -2.09. The minimum Gasteiger partial charge on any atom is -0.495 e. The molecule has 88 valence electrons. The van der Waals surface area contributed by atoms with Gasteiger partial charge in [-0.2, -0.15) is 13.2 Å². The molecule has 0 radical (unpaired) electrons. The molecule has 0 saturated heterocycles. The molecule has 0 aliphatic heterocycles. The number of nitro benzene ring substituents is 1. The van der Waals surface area contributed by atoms with Gasteiger partial charge in [0.25, 0.3) is 5.69 Å². The molecule has 0 fully saturated rings. The van der Waals surface area contributed by atoms with Crippen LogP contribution in [-0.4, -0.2) is 12.0 Å². The van der Waals surface area contributed by atoms with E-state index < -0.39 is 22.4 Å². The van der Waals surface area contributed by atoms with Crippen LogP contribution in [0.4, 0.5) is 18.9 Å². The SMILES string of the molecule is COc1cc([N+](=O)[O-])c(C(F)(F)F)cc1Cl. The summed E-state index contributed by atoms with van der Waals surface area (Å²) in [6, 6.07) is 1.11. The van der Waals surface area contributed by atoms with Crippen molar-refractivity contribution in [2.24, 2.45) is 0 Å². The van der Waals surface area contributed by atoms with E-state index >= 15 is 0 Å². The summed E-state index contributed by atoms with van der Waals surface area (Å²) in [7, 11) is 1.15. The highest BCUT2D eigenvalue weighted by Crippen LogP contribution is 2.41. The lowest BCUT2D eigenvalue weighted by atomic mass is 10.1. The fourth-order valence-electron chi connectivity index (χ4n) is 1.08. The van der Waals surface area contributed by atoms with Crippen LogP contribution in [0.5, 0.6) is 5.75 Å². The summed E-state index contributed by atoms with van der Waals surface area (Å²) in [5.41, 5.74) is -2.49. The molecule has 0 aromatic heterocycles. The Kier molecular flexibility index (Phi) is 3.27. The van der Waals surface area contributed by atoms with Gasteiger partial charge in [0.15, 0.2) is 0 Å². The molecule has 0 heterocycles. The number of halogens is 4. The van der Waals surface area contributed by atoms with Crippen molar-refractivity contribution in [1.82, 2.24) is 0 Å². The number of rotatable bonds is 2. The molecule has 0 atom stereocenters. The number of nitro groups is 1. The van der Waals surface area contributed by atoms with E-state index in [1.165, 1.54) is 0 Å². The molecule has 1 aromatic rings. The molecule has 0 bridgehead atoms. The first-order valence-corrected chi connectivity index (χ1v) is 4.24. The van der Waals surface area contributed by atoms with Gasteiger partial charge in [-0.1, -0.05) is 11.6 Å². The third-order valence-electron chi connectivity index (χ3n) is 1.77.